The molecule has 26 nitrogen and oxygen atoms in total. The molecular formula is C62H120BrClLiN4O22S8-. The number of aliphatic hydroxyl groups excluding tert-OH is 4. The van der Waals surface area contributed by atoms with E-state index in [0.717, 1.165) is 29.2 Å². The molecule has 0 radical (unpaired) electrons. The molecule has 0 aromatic carbocycles. The molecule has 0 amide bonds. The minimum Gasteiger partial charge on any atom is -0.714 e. The summed E-state index contributed by atoms with van der Waals surface area (Å²) in [6, 6.07) is 0. The minimum absolute atomic E-state index is 0. The Balaban J connectivity index is -0.000000205. The number of rotatable bonds is 17. The van der Waals surface area contributed by atoms with Gasteiger partial charge in [-0.2, -0.15) is 38.4 Å². The van der Waals surface area contributed by atoms with Gasteiger partial charge in [0.1, 0.15) is 87.7 Å². The SMILES string of the molecule is C1CSCSC1.CC.CC(=O)OCC1O[C@@H](S)C(OC(C)=O)[C@@H](C)[C@@H]1C.CC/C(=N/O)S[C@@H]1OC(COC(C)=O)[C@@H](C)[C@H](C)C1OC(C)=O.CC/C(=N/OS(=O)(=O)[O-])S[C@@H]1OC(CO)[C@@H](O)[C@H](O)C1O.CC/C(Cl)=N/O.CCBr.CCC1SCCCS1.CCC=O.CCN.[CH2-]CCC.[Li+]. The molecule has 5 fully saturated rings. The van der Waals surface area contributed by atoms with Crippen LogP contribution in [0.1, 0.15) is 182 Å². The van der Waals surface area contributed by atoms with Crippen LogP contribution in [-0.2, 0) is 71.8 Å². The summed E-state index contributed by atoms with van der Waals surface area (Å²) < 4.78 is 73.1. The molecule has 0 spiro atoms. The van der Waals surface area contributed by atoms with Crippen molar-refractivity contribution in [1.82, 2.24) is 0 Å². The Bertz CT molecular complexity index is 2180. The zero-order valence-electron chi connectivity index (χ0n) is 61.7. The number of carbonyl (C=O) groups is 5. The van der Waals surface area contributed by atoms with Crippen LogP contribution in [0.25, 0.3) is 0 Å². The molecule has 37 heteroatoms. The summed E-state index contributed by atoms with van der Waals surface area (Å²) in [4.78, 5) is 53.4. The van der Waals surface area contributed by atoms with Gasteiger partial charge in [-0.25, -0.2) is 0 Å². The second-order valence-corrected chi connectivity index (χ2v) is 31.4. The monoisotopic (exact) mass is 1650 g/mol. The third-order valence-electron chi connectivity index (χ3n) is 12.7. The number of nitrogens with zero attached hydrogens (tertiary/aromatic N) is 3. The average Bonchev–Trinajstić information content (AvgIpc) is 0.824. The number of nitrogens with two attached hydrogens (primary N) is 1. The van der Waals surface area contributed by atoms with Gasteiger partial charge in [0, 0.05) is 67.4 Å². The number of oxime groups is 3. The first-order chi connectivity index (χ1) is 46.2. The molecule has 0 saturated carbocycles. The van der Waals surface area contributed by atoms with Crippen molar-refractivity contribution >= 4 is 167 Å². The number of esters is 4. The maximum absolute atomic E-state index is 11.4. The molecule has 8 N–H and O–H groups in total. The largest absolute Gasteiger partial charge is 1.00 e. The van der Waals surface area contributed by atoms with E-state index in [9.17, 15) is 52.3 Å². The average molecular weight is 1650 g/mol. The van der Waals surface area contributed by atoms with E-state index in [1.165, 1.54) is 93.2 Å². The molecule has 5 saturated heterocycles. The zero-order chi connectivity index (χ0) is 76.9. The van der Waals surface area contributed by atoms with Gasteiger partial charge in [0.25, 0.3) is 10.4 Å². The Hall–Kier alpha value is -0.633. The van der Waals surface area contributed by atoms with Crippen LogP contribution in [0, 0.1) is 30.6 Å². The zero-order valence-corrected chi connectivity index (χ0v) is 70.6. The molecule has 0 aromatic heterocycles. The maximum atomic E-state index is 11.4. The Morgan fingerprint density at radius 1 is 0.707 bits per heavy atom. The summed E-state index contributed by atoms with van der Waals surface area (Å²) in [5.41, 5.74) is 2.70. The second kappa shape index (κ2) is 72.9. The van der Waals surface area contributed by atoms with Crippen molar-refractivity contribution in [2.45, 2.75) is 252 Å². The van der Waals surface area contributed by atoms with Gasteiger partial charge in [-0.3, -0.25) is 23.5 Å². The van der Waals surface area contributed by atoms with Crippen LogP contribution >= 0.6 is 111 Å². The number of alkyl halides is 1. The summed E-state index contributed by atoms with van der Waals surface area (Å²) >= 11 is 22.9. The van der Waals surface area contributed by atoms with Crippen LogP contribution < -0.4 is 24.6 Å². The van der Waals surface area contributed by atoms with Gasteiger partial charge in [-0.15, -0.1) is 36.2 Å². The number of ether oxygens (including phenoxy) is 7. The first kappa shape index (κ1) is 112. The number of aldehydes is 1. The molecule has 15 atom stereocenters. The maximum Gasteiger partial charge on any atom is 1.00 e. The molecule has 0 aromatic rings. The molecule has 6 unspecified atom stereocenters. The molecule has 0 bridgehead atoms. The Morgan fingerprint density at radius 3 is 1.43 bits per heavy atom. The molecule has 5 aliphatic rings. The van der Waals surface area contributed by atoms with Crippen molar-refractivity contribution in [3.63, 3.8) is 0 Å². The fourth-order valence-corrected chi connectivity index (χ4v) is 15.2. The van der Waals surface area contributed by atoms with Crippen molar-refractivity contribution in [3.8, 4) is 0 Å². The van der Waals surface area contributed by atoms with E-state index >= 15 is 0 Å². The van der Waals surface area contributed by atoms with Crippen molar-refractivity contribution < 1.29 is 124 Å². The normalized spacial score (nSPS) is 26.3. The van der Waals surface area contributed by atoms with E-state index in [-0.39, 0.29) is 115 Å². The number of unbranched alkanes of at least 4 members (excludes halogenated alkanes) is 1. The van der Waals surface area contributed by atoms with Gasteiger partial charge >= 0.3 is 42.7 Å². The van der Waals surface area contributed by atoms with E-state index in [4.69, 9.17) is 66.0 Å². The topological polar surface area (TPSA) is 401 Å². The smallest absolute Gasteiger partial charge is 0.714 e. The molecule has 5 heterocycles. The summed E-state index contributed by atoms with van der Waals surface area (Å²) in [7, 11) is -5.00. The summed E-state index contributed by atoms with van der Waals surface area (Å²) in [5.74, 6) is 4.37. The number of hydrogen-bond donors (Lipinski definition) is 8. The number of halogens is 2. The van der Waals surface area contributed by atoms with E-state index in [1.54, 1.807) is 6.92 Å². The molecule has 5 aliphatic heterocycles. The second-order valence-electron chi connectivity index (χ2n) is 20.6. The van der Waals surface area contributed by atoms with E-state index in [2.05, 4.69) is 116 Å². The van der Waals surface area contributed by atoms with Crippen LogP contribution in [0.3, 0.4) is 0 Å². The fourth-order valence-electron chi connectivity index (χ4n) is 7.27. The van der Waals surface area contributed by atoms with E-state index in [1.807, 2.05) is 76.2 Å². The van der Waals surface area contributed by atoms with Crippen LogP contribution in [0.15, 0.2) is 15.5 Å². The summed E-state index contributed by atoms with van der Waals surface area (Å²) in [6.45, 7) is 36.8. The quantitative estimate of drug-likeness (QED) is 0.00537. The molecular weight excluding hydrogens is 1530 g/mol. The van der Waals surface area contributed by atoms with Crippen LogP contribution in [0.2, 0.25) is 0 Å². The van der Waals surface area contributed by atoms with E-state index < -0.39 is 63.8 Å². The van der Waals surface area contributed by atoms with Gasteiger partial charge in [0.2, 0.25) is 0 Å². The number of carbonyl (C=O) groups excluding carboxylic acids is 5. The fraction of sp³-hybridized carbons (Fsp3) is 0.855. The predicted molar refractivity (Wildman–Crippen MR) is 410 cm³/mol. The van der Waals surface area contributed by atoms with Crippen LogP contribution in [0.5, 0.6) is 0 Å². The Labute approximate surface area is 649 Å². The summed E-state index contributed by atoms with van der Waals surface area (Å²) in [6.07, 6.45) is 2.23. The van der Waals surface area contributed by atoms with Crippen molar-refractivity contribution in [2.75, 3.05) is 59.8 Å². The van der Waals surface area contributed by atoms with Crippen LogP contribution in [0.4, 0.5) is 0 Å². The Kier molecular flexibility index (Phi) is 82.3. The first-order valence-electron chi connectivity index (χ1n) is 32.6. The molecule has 99 heavy (non-hydrogen) atoms. The van der Waals surface area contributed by atoms with Crippen LogP contribution in [-0.4, -0.2) is 219 Å². The third-order valence-corrected chi connectivity index (χ3v) is 22.0. The standard InChI is InChI=1S/C15H25NO6S.C12H20O5S.C9H17NO9S2.C6H12S2.C4H8S2.C4H9.C3H6ClNO.C3H6O.C2H5Br.C2H7N.C2H6.Li/c1-6-13(16-19)23-15-14(21-11(5)18)9(3)8(2)12(22-15)7-20-10(4)17;1-6-7(2)11(16-9(4)14)12(18)17-10(6)5-15-8(3)13;1-2-5(10-19-21(15,16)17)20-9-8(14)7(13)6(12)4(3-11)18-9;1-2-6-7-4-3-5-8-6;1-2-5-4-6-3-1;1-3-4-2;1-2-3(4)5-6;1-2-3-4;2*1-2-3;1-2;/h8-9,12,14-15,19H,6-7H2,1-5H3;6-7,10-12,18H,5H2,1-4H3;4,6-9,11-14H,2-3H2,1H3,(H,15,16,17);6H,2-5H2,1H3;1-4H2;1,3-4H2,2H3;6H,2H2,1H3;3H,2H2,1H3;2H2,1H3;2-3H2,1H3;1-2H3;/q;;;;;-1;;;;;;+1/p-1/b16-13-;;10-5-;;;;5-3-;;;;;/t8-,9-,12?,14?,15-;6-,7-,10?,11?,12-;4?,6-,7+,8?,9+;;;;;;;;;/m001........./s1. The van der Waals surface area contributed by atoms with Crippen molar-refractivity contribution in [2.24, 2.45) is 44.9 Å². The van der Waals surface area contributed by atoms with Gasteiger partial charge in [-0.1, -0.05) is 170 Å². The number of thiol groups is 1. The van der Waals surface area contributed by atoms with E-state index in [0.29, 0.717) is 36.1 Å². The number of thioether (sulfide) groups is 6. The van der Waals surface area contributed by atoms with Gasteiger partial charge in [0.05, 0.1) is 18.8 Å². The predicted octanol–water partition coefficient (Wildman–Crippen LogP) is 8.98. The van der Waals surface area contributed by atoms with Crippen molar-refractivity contribution in [3.05, 3.63) is 6.92 Å². The molecule has 0 aliphatic carbocycles. The number of hydrogen-bond acceptors (Lipinski definition) is 33. The number of aliphatic hydroxyl groups is 4. The van der Waals surface area contributed by atoms with Gasteiger partial charge in [0.15, 0.2) is 0 Å². The third kappa shape index (κ3) is 60.1. The van der Waals surface area contributed by atoms with Crippen molar-refractivity contribution in [1.29, 1.82) is 0 Å². The van der Waals surface area contributed by atoms with Gasteiger partial charge in [-0.05, 0) is 73.5 Å². The minimum atomic E-state index is -5.00. The Morgan fingerprint density at radius 2 is 1.12 bits per heavy atom. The molecule has 5 rings (SSSR count). The summed E-state index contributed by atoms with van der Waals surface area (Å²) in [5, 5.41) is 67.0. The van der Waals surface area contributed by atoms with Gasteiger partial charge < -0.3 is 86.0 Å². The molecule has 584 valence electrons. The first-order valence-corrected chi connectivity index (χ1v) is 42.1.